The summed E-state index contributed by atoms with van der Waals surface area (Å²) in [6.45, 7) is 13.2. The van der Waals surface area contributed by atoms with Crippen LogP contribution in [-0.4, -0.2) is 41.1 Å². The zero-order valence-electron chi connectivity index (χ0n) is 14.7. The number of rotatable bonds is 7. The SMILES string of the molecule is CCN(CC(=O)NC(C)c1ccc(C)c(C)c1)CC(C)(C)O. The number of likely N-dealkylation sites (N-methyl/N-ethyl adjacent to an activating group) is 1. The Balaban J connectivity index is 2.61. The van der Waals surface area contributed by atoms with Crippen LogP contribution in [0.2, 0.25) is 0 Å². The molecule has 0 saturated heterocycles. The molecule has 0 aromatic heterocycles. The fraction of sp³-hybridized carbons (Fsp3) is 0.611. The Bertz CT molecular complexity index is 506. The van der Waals surface area contributed by atoms with Crippen LogP contribution in [0.5, 0.6) is 0 Å². The van der Waals surface area contributed by atoms with Crippen LogP contribution in [0.3, 0.4) is 0 Å². The Morgan fingerprint density at radius 2 is 1.95 bits per heavy atom. The lowest BCUT2D eigenvalue weighted by Gasteiger charge is -2.28. The van der Waals surface area contributed by atoms with Crippen molar-refractivity contribution in [1.29, 1.82) is 0 Å². The van der Waals surface area contributed by atoms with Crippen molar-refractivity contribution in [3.05, 3.63) is 34.9 Å². The number of carbonyl (C=O) groups is 1. The normalized spacial score (nSPS) is 13.3. The molecule has 1 amide bonds. The largest absolute Gasteiger partial charge is 0.389 e. The van der Waals surface area contributed by atoms with Crippen molar-refractivity contribution in [3.63, 3.8) is 0 Å². The van der Waals surface area contributed by atoms with Gasteiger partial charge < -0.3 is 10.4 Å². The van der Waals surface area contributed by atoms with Crippen molar-refractivity contribution in [2.24, 2.45) is 0 Å². The fourth-order valence-corrected chi connectivity index (χ4v) is 2.43. The minimum absolute atomic E-state index is 0.0168. The Labute approximate surface area is 134 Å². The molecule has 4 heteroatoms. The number of aliphatic hydroxyl groups is 1. The molecule has 1 atom stereocenters. The highest BCUT2D eigenvalue weighted by Crippen LogP contribution is 2.16. The molecular formula is C18H30N2O2. The lowest BCUT2D eigenvalue weighted by Crippen LogP contribution is -2.44. The van der Waals surface area contributed by atoms with Crippen molar-refractivity contribution >= 4 is 5.91 Å². The third-order valence-corrected chi connectivity index (χ3v) is 3.83. The third-order valence-electron chi connectivity index (χ3n) is 3.83. The van der Waals surface area contributed by atoms with Gasteiger partial charge in [0.25, 0.3) is 0 Å². The minimum atomic E-state index is -0.796. The smallest absolute Gasteiger partial charge is 0.234 e. The molecular weight excluding hydrogens is 276 g/mol. The van der Waals surface area contributed by atoms with Crippen LogP contribution in [0.25, 0.3) is 0 Å². The van der Waals surface area contributed by atoms with E-state index in [1.807, 2.05) is 18.7 Å². The summed E-state index contributed by atoms with van der Waals surface area (Å²) in [7, 11) is 0. The first kappa shape index (κ1) is 18.7. The second-order valence-corrected chi connectivity index (χ2v) is 6.75. The van der Waals surface area contributed by atoms with Gasteiger partial charge in [0.15, 0.2) is 0 Å². The molecule has 1 rings (SSSR count). The van der Waals surface area contributed by atoms with Crippen LogP contribution in [0, 0.1) is 13.8 Å². The summed E-state index contributed by atoms with van der Waals surface area (Å²) in [6.07, 6.45) is 0. The van der Waals surface area contributed by atoms with E-state index in [-0.39, 0.29) is 11.9 Å². The predicted octanol–water partition coefficient (Wildman–Crippen LogP) is 2.57. The van der Waals surface area contributed by atoms with Crippen molar-refractivity contribution in [3.8, 4) is 0 Å². The summed E-state index contributed by atoms with van der Waals surface area (Å²) in [5, 5.41) is 12.9. The highest BCUT2D eigenvalue weighted by Gasteiger charge is 2.20. The standard InChI is InChI=1S/C18H30N2O2/c1-7-20(12-18(5,6)22)11-17(21)19-15(4)16-9-8-13(2)14(3)10-16/h8-10,15,22H,7,11-12H2,1-6H3,(H,19,21). The van der Waals surface area contributed by atoms with Gasteiger partial charge in [-0.2, -0.15) is 0 Å². The second kappa shape index (κ2) is 7.75. The van der Waals surface area contributed by atoms with Gasteiger partial charge in [0, 0.05) is 6.54 Å². The molecule has 0 fully saturated rings. The van der Waals surface area contributed by atoms with E-state index in [9.17, 15) is 9.90 Å². The van der Waals surface area contributed by atoms with Gasteiger partial charge in [-0.05, 0) is 57.9 Å². The van der Waals surface area contributed by atoms with Crippen molar-refractivity contribution in [2.75, 3.05) is 19.6 Å². The fourth-order valence-electron chi connectivity index (χ4n) is 2.43. The highest BCUT2D eigenvalue weighted by molar-refractivity contribution is 5.78. The highest BCUT2D eigenvalue weighted by atomic mass is 16.3. The van der Waals surface area contributed by atoms with Gasteiger partial charge >= 0.3 is 0 Å². The van der Waals surface area contributed by atoms with Crippen LogP contribution < -0.4 is 5.32 Å². The average molecular weight is 306 g/mol. The van der Waals surface area contributed by atoms with Gasteiger partial charge in [-0.25, -0.2) is 0 Å². The maximum absolute atomic E-state index is 12.2. The van der Waals surface area contributed by atoms with E-state index in [4.69, 9.17) is 0 Å². The number of nitrogens with one attached hydrogen (secondary N) is 1. The van der Waals surface area contributed by atoms with Crippen molar-refractivity contribution in [1.82, 2.24) is 10.2 Å². The number of hydrogen-bond acceptors (Lipinski definition) is 3. The maximum Gasteiger partial charge on any atom is 0.234 e. The van der Waals surface area contributed by atoms with Gasteiger partial charge in [0.2, 0.25) is 5.91 Å². The monoisotopic (exact) mass is 306 g/mol. The van der Waals surface area contributed by atoms with E-state index < -0.39 is 5.60 Å². The quantitative estimate of drug-likeness (QED) is 0.814. The molecule has 0 saturated carbocycles. The van der Waals surface area contributed by atoms with Crippen LogP contribution in [0.15, 0.2) is 18.2 Å². The average Bonchev–Trinajstić information content (AvgIpc) is 2.39. The summed E-state index contributed by atoms with van der Waals surface area (Å²) in [6, 6.07) is 6.24. The Morgan fingerprint density at radius 1 is 1.32 bits per heavy atom. The number of carbonyl (C=O) groups excluding carboxylic acids is 1. The molecule has 0 aliphatic heterocycles. The topological polar surface area (TPSA) is 52.6 Å². The first-order valence-electron chi connectivity index (χ1n) is 7.93. The molecule has 0 bridgehead atoms. The molecule has 0 radical (unpaired) electrons. The Morgan fingerprint density at radius 3 is 2.45 bits per heavy atom. The van der Waals surface area contributed by atoms with Gasteiger partial charge in [-0.1, -0.05) is 25.1 Å². The molecule has 124 valence electrons. The maximum atomic E-state index is 12.2. The van der Waals surface area contributed by atoms with Crippen molar-refractivity contribution in [2.45, 2.75) is 53.2 Å². The number of amides is 1. The molecule has 1 unspecified atom stereocenters. The van der Waals surface area contributed by atoms with Crippen LogP contribution in [0.4, 0.5) is 0 Å². The molecule has 22 heavy (non-hydrogen) atoms. The molecule has 0 aliphatic carbocycles. The van der Waals surface area contributed by atoms with E-state index in [1.54, 1.807) is 13.8 Å². The lowest BCUT2D eigenvalue weighted by atomic mass is 10.0. The van der Waals surface area contributed by atoms with Gasteiger partial charge in [-0.15, -0.1) is 0 Å². The van der Waals surface area contributed by atoms with Gasteiger partial charge in [-0.3, -0.25) is 9.69 Å². The van der Waals surface area contributed by atoms with Gasteiger partial charge in [0.1, 0.15) is 0 Å². The van der Waals surface area contributed by atoms with E-state index in [0.29, 0.717) is 13.1 Å². The van der Waals surface area contributed by atoms with Crippen LogP contribution in [-0.2, 0) is 4.79 Å². The number of nitrogens with zero attached hydrogens (tertiary/aromatic N) is 1. The van der Waals surface area contributed by atoms with Gasteiger partial charge in [0.05, 0.1) is 18.2 Å². The third kappa shape index (κ3) is 6.16. The Hall–Kier alpha value is -1.39. The molecule has 0 spiro atoms. The molecule has 0 heterocycles. The zero-order valence-corrected chi connectivity index (χ0v) is 14.7. The summed E-state index contributed by atoms with van der Waals surface area (Å²) >= 11 is 0. The summed E-state index contributed by atoms with van der Waals surface area (Å²) < 4.78 is 0. The van der Waals surface area contributed by atoms with E-state index in [1.165, 1.54) is 11.1 Å². The molecule has 1 aromatic carbocycles. The number of benzene rings is 1. The zero-order chi connectivity index (χ0) is 16.9. The summed E-state index contributed by atoms with van der Waals surface area (Å²) in [5.74, 6) is -0.0168. The predicted molar refractivity (Wildman–Crippen MR) is 90.9 cm³/mol. The second-order valence-electron chi connectivity index (χ2n) is 6.75. The first-order chi connectivity index (χ1) is 10.1. The van der Waals surface area contributed by atoms with Crippen LogP contribution in [0.1, 0.15) is 50.4 Å². The number of aryl methyl sites for hydroxylation is 2. The van der Waals surface area contributed by atoms with E-state index in [0.717, 1.165) is 12.1 Å². The Kier molecular flexibility index (Phi) is 6.57. The summed E-state index contributed by atoms with van der Waals surface area (Å²) in [4.78, 5) is 14.1. The first-order valence-corrected chi connectivity index (χ1v) is 7.93. The lowest BCUT2D eigenvalue weighted by molar-refractivity contribution is -0.123. The van der Waals surface area contributed by atoms with E-state index >= 15 is 0 Å². The van der Waals surface area contributed by atoms with E-state index in [2.05, 4.69) is 37.4 Å². The number of hydrogen-bond donors (Lipinski definition) is 2. The van der Waals surface area contributed by atoms with Crippen LogP contribution >= 0.6 is 0 Å². The molecule has 1 aromatic rings. The molecule has 4 nitrogen and oxygen atoms in total. The minimum Gasteiger partial charge on any atom is -0.389 e. The molecule has 2 N–H and O–H groups in total. The molecule has 0 aliphatic rings. The van der Waals surface area contributed by atoms with Crippen molar-refractivity contribution < 1.29 is 9.90 Å². The summed E-state index contributed by atoms with van der Waals surface area (Å²) in [5.41, 5.74) is 2.80.